The first-order valence-corrected chi connectivity index (χ1v) is 10.1. The predicted octanol–water partition coefficient (Wildman–Crippen LogP) is 2.26. The van der Waals surface area contributed by atoms with Crippen LogP contribution < -0.4 is 14.8 Å². The number of piperidine rings is 1. The minimum Gasteiger partial charge on any atom is -0.454 e. The first-order valence-electron chi connectivity index (χ1n) is 10.1. The number of likely N-dealkylation sites (N-methyl/N-ethyl adjacent to an activating group) is 1. The molecule has 7 nitrogen and oxygen atoms in total. The van der Waals surface area contributed by atoms with Crippen LogP contribution in [0.2, 0.25) is 0 Å². The minimum atomic E-state index is -0.377. The van der Waals surface area contributed by atoms with E-state index in [9.17, 15) is 9.59 Å². The third-order valence-electron chi connectivity index (χ3n) is 5.73. The highest BCUT2D eigenvalue weighted by atomic mass is 16.7. The molecule has 1 aromatic rings. The second-order valence-electron chi connectivity index (χ2n) is 7.67. The number of ether oxygens (including phenoxy) is 2. The Labute approximate surface area is 167 Å². The molecule has 0 aliphatic carbocycles. The molecule has 3 rings (SSSR count). The molecule has 1 amide bonds. The summed E-state index contributed by atoms with van der Waals surface area (Å²) in [6.07, 6.45) is 3.99. The molecule has 0 saturated carbocycles. The van der Waals surface area contributed by atoms with Crippen LogP contribution in [-0.2, 0) is 4.79 Å². The van der Waals surface area contributed by atoms with Crippen LogP contribution >= 0.6 is 0 Å². The lowest BCUT2D eigenvalue weighted by molar-refractivity contribution is -0.123. The summed E-state index contributed by atoms with van der Waals surface area (Å²) in [4.78, 5) is 29.4. The van der Waals surface area contributed by atoms with Gasteiger partial charge < -0.3 is 19.7 Å². The Kier molecular flexibility index (Phi) is 6.91. The van der Waals surface area contributed by atoms with Crippen molar-refractivity contribution in [1.29, 1.82) is 0 Å². The van der Waals surface area contributed by atoms with E-state index in [1.807, 2.05) is 25.8 Å². The SMILES string of the molecule is CC(NC(=O)CCN1CCCCC1)N(C)C(C)C(=O)c1ccc2c(c1)OCO2. The average molecular weight is 389 g/mol. The fourth-order valence-electron chi connectivity index (χ4n) is 3.66. The fourth-order valence-corrected chi connectivity index (χ4v) is 3.66. The molecule has 0 aromatic heterocycles. The summed E-state index contributed by atoms with van der Waals surface area (Å²) < 4.78 is 10.7. The van der Waals surface area contributed by atoms with Crippen LogP contribution in [0.15, 0.2) is 18.2 Å². The van der Waals surface area contributed by atoms with E-state index in [2.05, 4.69) is 10.2 Å². The van der Waals surface area contributed by atoms with Gasteiger partial charge in [-0.1, -0.05) is 6.42 Å². The van der Waals surface area contributed by atoms with Crippen molar-refractivity contribution in [3.8, 4) is 11.5 Å². The maximum absolute atomic E-state index is 12.9. The molecule has 2 unspecified atom stereocenters. The number of fused-ring (bicyclic) bond motifs is 1. The predicted molar refractivity (Wildman–Crippen MR) is 107 cm³/mol. The lowest BCUT2D eigenvalue weighted by Gasteiger charge is -2.31. The summed E-state index contributed by atoms with van der Waals surface area (Å²) >= 11 is 0. The summed E-state index contributed by atoms with van der Waals surface area (Å²) in [5.41, 5.74) is 0.576. The molecule has 1 aromatic carbocycles. The van der Waals surface area contributed by atoms with E-state index in [0.717, 1.165) is 19.6 Å². The molecule has 2 aliphatic heterocycles. The van der Waals surface area contributed by atoms with Crippen LogP contribution in [0, 0.1) is 0 Å². The lowest BCUT2D eigenvalue weighted by Crippen LogP contribution is -2.50. The third kappa shape index (κ3) is 5.02. The van der Waals surface area contributed by atoms with Crippen molar-refractivity contribution in [2.75, 3.05) is 33.5 Å². The van der Waals surface area contributed by atoms with Gasteiger partial charge in [0.25, 0.3) is 0 Å². The average Bonchev–Trinajstić information content (AvgIpc) is 3.19. The maximum Gasteiger partial charge on any atom is 0.231 e. The van der Waals surface area contributed by atoms with Crippen molar-refractivity contribution >= 4 is 11.7 Å². The zero-order valence-electron chi connectivity index (χ0n) is 17.1. The van der Waals surface area contributed by atoms with Crippen LogP contribution in [0.3, 0.4) is 0 Å². The van der Waals surface area contributed by atoms with Gasteiger partial charge in [0, 0.05) is 18.5 Å². The largest absolute Gasteiger partial charge is 0.454 e. The molecule has 28 heavy (non-hydrogen) atoms. The Hall–Kier alpha value is -2.12. The number of hydrogen-bond donors (Lipinski definition) is 1. The van der Waals surface area contributed by atoms with Crippen molar-refractivity contribution in [1.82, 2.24) is 15.1 Å². The van der Waals surface area contributed by atoms with E-state index < -0.39 is 0 Å². The summed E-state index contributed by atoms with van der Waals surface area (Å²) in [6.45, 7) is 6.91. The lowest BCUT2D eigenvalue weighted by atomic mass is 10.0. The number of nitrogens with zero attached hydrogens (tertiary/aromatic N) is 2. The minimum absolute atomic E-state index is 0.0183. The number of Topliss-reactive ketones (excluding diaryl/α,β-unsaturated/α-hetero) is 1. The summed E-state index contributed by atoms with van der Waals surface area (Å²) in [5, 5.41) is 3.01. The van der Waals surface area contributed by atoms with Gasteiger partial charge in [-0.15, -0.1) is 0 Å². The van der Waals surface area contributed by atoms with Gasteiger partial charge in [-0.05, 0) is 65.0 Å². The van der Waals surface area contributed by atoms with Gasteiger partial charge in [0.15, 0.2) is 17.3 Å². The number of likely N-dealkylation sites (tertiary alicyclic amines) is 1. The highest BCUT2D eigenvalue weighted by molar-refractivity contribution is 6.00. The third-order valence-corrected chi connectivity index (χ3v) is 5.73. The molecule has 1 saturated heterocycles. The Bertz CT molecular complexity index is 703. The number of amides is 1. The number of carbonyl (C=O) groups excluding carboxylic acids is 2. The molecule has 1 N–H and O–H groups in total. The van der Waals surface area contributed by atoms with Crippen LogP contribution in [0.1, 0.15) is 49.9 Å². The summed E-state index contributed by atoms with van der Waals surface area (Å²) in [6, 6.07) is 4.85. The van der Waals surface area contributed by atoms with Crippen LogP contribution in [0.4, 0.5) is 0 Å². The quantitative estimate of drug-likeness (QED) is 0.543. The van der Waals surface area contributed by atoms with Gasteiger partial charge in [-0.25, -0.2) is 0 Å². The Morgan fingerprint density at radius 3 is 2.61 bits per heavy atom. The van der Waals surface area contributed by atoms with E-state index in [-0.39, 0.29) is 30.7 Å². The number of rotatable bonds is 8. The molecule has 2 atom stereocenters. The summed E-state index contributed by atoms with van der Waals surface area (Å²) in [7, 11) is 1.85. The van der Waals surface area contributed by atoms with E-state index in [1.54, 1.807) is 18.2 Å². The normalized spacial score (nSPS) is 18.7. The monoisotopic (exact) mass is 389 g/mol. The number of benzene rings is 1. The van der Waals surface area contributed by atoms with E-state index in [0.29, 0.717) is 23.5 Å². The first kappa shape index (κ1) is 20.6. The van der Waals surface area contributed by atoms with Crippen molar-refractivity contribution in [3.05, 3.63) is 23.8 Å². The van der Waals surface area contributed by atoms with Crippen molar-refractivity contribution in [2.45, 2.75) is 51.7 Å². The molecule has 2 aliphatic rings. The van der Waals surface area contributed by atoms with Crippen molar-refractivity contribution in [3.63, 3.8) is 0 Å². The number of hydrogen-bond acceptors (Lipinski definition) is 6. The van der Waals surface area contributed by atoms with Gasteiger partial charge in [0.1, 0.15) is 0 Å². The highest BCUT2D eigenvalue weighted by Crippen LogP contribution is 2.33. The number of nitrogens with one attached hydrogen (secondary N) is 1. The smallest absolute Gasteiger partial charge is 0.231 e. The highest BCUT2D eigenvalue weighted by Gasteiger charge is 2.26. The number of carbonyl (C=O) groups is 2. The standard InChI is InChI=1S/C21H31N3O4/c1-15(21(26)17-7-8-18-19(13-17)28-14-27-18)23(3)16(2)22-20(25)9-12-24-10-5-4-6-11-24/h7-8,13,15-16H,4-6,9-12,14H2,1-3H3,(H,22,25). The molecule has 154 valence electrons. The molecule has 0 spiro atoms. The molecule has 7 heteroatoms. The van der Waals surface area contributed by atoms with E-state index >= 15 is 0 Å². The maximum atomic E-state index is 12.9. The molecule has 0 bridgehead atoms. The molecular weight excluding hydrogens is 358 g/mol. The Balaban J connectivity index is 1.49. The van der Waals surface area contributed by atoms with Gasteiger partial charge in [0.05, 0.1) is 12.2 Å². The van der Waals surface area contributed by atoms with Gasteiger partial charge in [-0.3, -0.25) is 14.5 Å². The van der Waals surface area contributed by atoms with E-state index in [4.69, 9.17) is 9.47 Å². The zero-order valence-corrected chi connectivity index (χ0v) is 17.1. The fraction of sp³-hybridized carbons (Fsp3) is 0.619. The second kappa shape index (κ2) is 9.39. The molecule has 0 radical (unpaired) electrons. The molecule has 1 fully saturated rings. The van der Waals surface area contributed by atoms with Gasteiger partial charge in [-0.2, -0.15) is 0 Å². The van der Waals surface area contributed by atoms with Crippen LogP contribution in [0.25, 0.3) is 0 Å². The topological polar surface area (TPSA) is 71.1 Å². The van der Waals surface area contributed by atoms with Crippen molar-refractivity contribution in [2.24, 2.45) is 0 Å². The van der Waals surface area contributed by atoms with Crippen LogP contribution in [-0.4, -0.2) is 67.2 Å². The Morgan fingerprint density at radius 1 is 1.14 bits per heavy atom. The van der Waals surface area contributed by atoms with Crippen molar-refractivity contribution < 1.29 is 19.1 Å². The van der Waals surface area contributed by atoms with Gasteiger partial charge in [0.2, 0.25) is 12.7 Å². The van der Waals surface area contributed by atoms with E-state index in [1.165, 1.54) is 19.3 Å². The molecular formula is C21H31N3O4. The summed E-state index contributed by atoms with van der Waals surface area (Å²) in [5.74, 6) is 1.26. The Morgan fingerprint density at radius 2 is 1.86 bits per heavy atom. The zero-order chi connectivity index (χ0) is 20.1. The first-order chi connectivity index (χ1) is 13.5. The second-order valence-corrected chi connectivity index (χ2v) is 7.67. The van der Waals surface area contributed by atoms with Crippen LogP contribution in [0.5, 0.6) is 11.5 Å². The van der Waals surface area contributed by atoms with Gasteiger partial charge >= 0.3 is 0 Å². The molecule has 2 heterocycles. The number of ketones is 1.